The number of ether oxygens (including phenoxy) is 2. The predicted octanol–water partition coefficient (Wildman–Crippen LogP) is 3.81. The van der Waals surface area contributed by atoms with Crippen LogP contribution in [0, 0.1) is 5.92 Å². The Kier molecular flexibility index (Phi) is 8.30. The van der Waals surface area contributed by atoms with Crippen molar-refractivity contribution in [2.75, 3.05) is 6.61 Å². The summed E-state index contributed by atoms with van der Waals surface area (Å²) in [6, 6.07) is 17.1. The van der Waals surface area contributed by atoms with Crippen LogP contribution in [0.4, 0.5) is 0 Å². The lowest BCUT2D eigenvalue weighted by molar-refractivity contribution is -0.145. The average molecular weight is 475 g/mol. The number of aromatic nitrogens is 2. The molecule has 0 bridgehead atoms. The van der Waals surface area contributed by atoms with Gasteiger partial charge in [-0.05, 0) is 42.7 Å². The SMILES string of the molecule is CC(=O)OCC(=O)N=C(N)c1ccc(C(C)(c2ccc(OCc3ccccn3)cn2)C(C)C)cc1. The van der Waals surface area contributed by atoms with E-state index in [0.717, 1.165) is 17.0 Å². The monoisotopic (exact) mass is 474 g/mol. The normalized spacial score (nSPS) is 13.2. The third-order valence-electron chi connectivity index (χ3n) is 5.96. The Morgan fingerprint density at radius 1 is 1.06 bits per heavy atom. The van der Waals surface area contributed by atoms with Crippen LogP contribution in [0.1, 0.15) is 50.2 Å². The number of hydrogen-bond donors (Lipinski definition) is 1. The van der Waals surface area contributed by atoms with Gasteiger partial charge in [0.05, 0.1) is 17.6 Å². The van der Waals surface area contributed by atoms with Gasteiger partial charge in [-0.1, -0.05) is 44.2 Å². The number of nitrogens with zero attached hydrogens (tertiary/aromatic N) is 3. The summed E-state index contributed by atoms with van der Waals surface area (Å²) in [5, 5.41) is 0. The maximum atomic E-state index is 11.8. The highest BCUT2D eigenvalue weighted by molar-refractivity contribution is 6.04. The van der Waals surface area contributed by atoms with Gasteiger partial charge in [0.25, 0.3) is 5.91 Å². The number of nitrogens with two attached hydrogens (primary N) is 1. The summed E-state index contributed by atoms with van der Waals surface area (Å²) < 4.78 is 10.5. The van der Waals surface area contributed by atoms with Crippen molar-refractivity contribution in [3.63, 3.8) is 0 Å². The molecule has 0 spiro atoms. The molecule has 3 rings (SSSR count). The van der Waals surface area contributed by atoms with Crippen molar-refractivity contribution in [2.45, 2.75) is 39.7 Å². The van der Waals surface area contributed by atoms with E-state index in [4.69, 9.17) is 15.5 Å². The van der Waals surface area contributed by atoms with Crippen LogP contribution in [0.3, 0.4) is 0 Å². The summed E-state index contributed by atoms with van der Waals surface area (Å²) >= 11 is 0. The van der Waals surface area contributed by atoms with E-state index in [2.05, 4.69) is 35.5 Å². The van der Waals surface area contributed by atoms with Gasteiger partial charge in [-0.3, -0.25) is 19.6 Å². The standard InChI is InChI=1S/C27H30N4O4/c1-18(2)27(4,24-13-12-23(15-30-24)35-16-22-7-5-6-14-29-22)21-10-8-20(9-11-21)26(28)31-25(33)17-34-19(3)32/h5-15,18H,16-17H2,1-4H3,(H2,28,31,33). The topological polar surface area (TPSA) is 117 Å². The average Bonchev–Trinajstić information content (AvgIpc) is 2.86. The summed E-state index contributed by atoms with van der Waals surface area (Å²) in [5.74, 6) is -0.206. The zero-order valence-corrected chi connectivity index (χ0v) is 20.4. The third-order valence-corrected chi connectivity index (χ3v) is 5.96. The van der Waals surface area contributed by atoms with Gasteiger partial charge >= 0.3 is 5.97 Å². The molecule has 3 aromatic rings. The van der Waals surface area contributed by atoms with Gasteiger partial charge in [0, 0.05) is 24.1 Å². The molecule has 0 radical (unpaired) electrons. The number of carbonyl (C=O) groups excluding carboxylic acids is 2. The van der Waals surface area contributed by atoms with Gasteiger partial charge in [0.15, 0.2) is 6.61 Å². The maximum Gasteiger partial charge on any atom is 0.303 e. The fourth-order valence-corrected chi connectivity index (χ4v) is 3.57. The van der Waals surface area contributed by atoms with Crippen LogP contribution in [0.25, 0.3) is 0 Å². The molecule has 8 heteroatoms. The molecule has 1 atom stereocenters. The molecular weight excluding hydrogens is 444 g/mol. The summed E-state index contributed by atoms with van der Waals surface area (Å²) in [6.07, 6.45) is 3.46. The smallest absolute Gasteiger partial charge is 0.303 e. The number of hydrogen-bond acceptors (Lipinski definition) is 6. The number of amides is 1. The van der Waals surface area contributed by atoms with Gasteiger partial charge in [0.1, 0.15) is 18.2 Å². The first-order valence-corrected chi connectivity index (χ1v) is 11.3. The number of carbonyl (C=O) groups is 2. The van der Waals surface area contributed by atoms with E-state index in [1.54, 1.807) is 12.4 Å². The number of aliphatic imine (C=N–C) groups is 1. The molecule has 2 N–H and O–H groups in total. The Bertz CT molecular complexity index is 1180. The third kappa shape index (κ3) is 6.50. The maximum absolute atomic E-state index is 11.8. The van der Waals surface area contributed by atoms with E-state index in [-0.39, 0.29) is 17.2 Å². The molecule has 0 saturated carbocycles. The Hall–Kier alpha value is -4.07. The molecule has 0 aliphatic rings. The second kappa shape index (κ2) is 11.4. The molecule has 1 unspecified atom stereocenters. The minimum absolute atomic E-state index is 0.0625. The lowest BCUT2D eigenvalue weighted by atomic mass is 9.70. The van der Waals surface area contributed by atoms with Crippen LogP contribution < -0.4 is 10.5 Å². The van der Waals surface area contributed by atoms with Gasteiger partial charge in [-0.15, -0.1) is 0 Å². The zero-order chi connectivity index (χ0) is 25.4. The number of amidine groups is 1. The van der Waals surface area contributed by atoms with Crippen LogP contribution in [0.5, 0.6) is 5.75 Å². The Morgan fingerprint density at radius 3 is 2.37 bits per heavy atom. The molecular formula is C27H30N4O4. The molecule has 8 nitrogen and oxygen atoms in total. The highest BCUT2D eigenvalue weighted by Crippen LogP contribution is 2.38. The lowest BCUT2D eigenvalue weighted by Crippen LogP contribution is -2.31. The number of pyridine rings is 2. The van der Waals surface area contributed by atoms with E-state index < -0.39 is 18.5 Å². The molecule has 2 aromatic heterocycles. The van der Waals surface area contributed by atoms with E-state index in [1.807, 2.05) is 54.6 Å². The predicted molar refractivity (Wildman–Crippen MR) is 133 cm³/mol. The summed E-state index contributed by atoms with van der Waals surface area (Å²) in [6.45, 7) is 7.59. The van der Waals surface area contributed by atoms with Gasteiger partial charge < -0.3 is 15.2 Å². The van der Waals surface area contributed by atoms with E-state index in [1.165, 1.54) is 6.92 Å². The quantitative estimate of drug-likeness (QED) is 0.285. The molecule has 0 fully saturated rings. The Morgan fingerprint density at radius 2 is 1.80 bits per heavy atom. The molecule has 0 aliphatic carbocycles. The molecule has 1 amide bonds. The molecule has 35 heavy (non-hydrogen) atoms. The lowest BCUT2D eigenvalue weighted by Gasteiger charge is -2.34. The Labute approximate surface area is 205 Å². The molecule has 0 aliphatic heterocycles. The van der Waals surface area contributed by atoms with Crippen LogP contribution in [-0.2, 0) is 26.3 Å². The van der Waals surface area contributed by atoms with Crippen LogP contribution >= 0.6 is 0 Å². The fourth-order valence-electron chi connectivity index (χ4n) is 3.57. The van der Waals surface area contributed by atoms with Crippen LogP contribution in [0.2, 0.25) is 0 Å². The van der Waals surface area contributed by atoms with Crippen molar-refractivity contribution in [1.29, 1.82) is 0 Å². The zero-order valence-electron chi connectivity index (χ0n) is 20.4. The van der Waals surface area contributed by atoms with Crippen LogP contribution in [0.15, 0.2) is 72.0 Å². The molecule has 182 valence electrons. The summed E-state index contributed by atoms with van der Waals surface area (Å²) in [4.78, 5) is 35.4. The van der Waals surface area contributed by atoms with Crippen molar-refractivity contribution in [2.24, 2.45) is 16.6 Å². The van der Waals surface area contributed by atoms with Gasteiger partial charge in [-0.2, -0.15) is 4.99 Å². The van der Waals surface area contributed by atoms with Crippen LogP contribution in [-0.4, -0.2) is 34.3 Å². The number of esters is 1. The minimum Gasteiger partial charge on any atom is -0.486 e. The molecule has 1 aromatic carbocycles. The van der Waals surface area contributed by atoms with Crippen molar-refractivity contribution in [3.05, 3.63) is 89.5 Å². The fraction of sp³-hybridized carbons (Fsp3) is 0.296. The first kappa shape index (κ1) is 25.6. The highest BCUT2D eigenvalue weighted by atomic mass is 16.5. The highest BCUT2D eigenvalue weighted by Gasteiger charge is 2.34. The summed E-state index contributed by atoms with van der Waals surface area (Å²) in [5.41, 5.74) is 9.00. The van der Waals surface area contributed by atoms with Gasteiger partial charge in [0.2, 0.25) is 0 Å². The second-order valence-electron chi connectivity index (χ2n) is 8.59. The van der Waals surface area contributed by atoms with E-state index in [0.29, 0.717) is 17.9 Å². The summed E-state index contributed by atoms with van der Waals surface area (Å²) in [7, 11) is 0. The first-order valence-electron chi connectivity index (χ1n) is 11.3. The number of benzene rings is 1. The van der Waals surface area contributed by atoms with E-state index in [9.17, 15) is 9.59 Å². The molecule has 0 saturated heterocycles. The van der Waals surface area contributed by atoms with Crippen molar-refractivity contribution < 1.29 is 19.1 Å². The first-order chi connectivity index (χ1) is 16.7. The van der Waals surface area contributed by atoms with Crippen molar-refractivity contribution >= 4 is 17.7 Å². The van der Waals surface area contributed by atoms with Gasteiger partial charge in [-0.25, -0.2) is 0 Å². The van der Waals surface area contributed by atoms with Crippen molar-refractivity contribution in [1.82, 2.24) is 9.97 Å². The molecule has 2 heterocycles. The Balaban J connectivity index is 1.76. The second-order valence-corrected chi connectivity index (χ2v) is 8.59. The minimum atomic E-state index is -0.622. The number of rotatable bonds is 9. The largest absolute Gasteiger partial charge is 0.486 e. The van der Waals surface area contributed by atoms with Crippen molar-refractivity contribution in [3.8, 4) is 5.75 Å². The van der Waals surface area contributed by atoms with E-state index >= 15 is 0 Å².